The minimum Gasteiger partial charge on any atom is -0.497 e. The Hall–Kier alpha value is -1.14. The Morgan fingerprint density at radius 1 is 1.00 bits per heavy atom. The minimum atomic E-state index is -3.89. The summed E-state index contributed by atoms with van der Waals surface area (Å²) in [6.45, 7) is 1.76. The highest BCUT2D eigenvalue weighted by atomic mass is 35.5. The molecule has 0 aliphatic heterocycles. The summed E-state index contributed by atoms with van der Waals surface area (Å²) in [4.78, 5) is -0.140. The van der Waals surface area contributed by atoms with Crippen LogP contribution in [-0.2, 0) is 10.0 Å². The van der Waals surface area contributed by atoms with E-state index >= 15 is 0 Å². The molecule has 0 unspecified atom stereocenters. The van der Waals surface area contributed by atoms with E-state index in [1.54, 1.807) is 25.1 Å². The van der Waals surface area contributed by atoms with Crippen molar-refractivity contribution in [3.63, 3.8) is 0 Å². The van der Waals surface area contributed by atoms with Crippen molar-refractivity contribution in [2.45, 2.75) is 11.8 Å². The summed E-state index contributed by atoms with van der Waals surface area (Å²) in [5.74, 6) is 0.632. The lowest BCUT2D eigenvalue weighted by Crippen LogP contribution is -2.14. The van der Waals surface area contributed by atoms with E-state index in [0.29, 0.717) is 17.0 Å². The van der Waals surface area contributed by atoms with Gasteiger partial charge in [0.25, 0.3) is 10.0 Å². The van der Waals surface area contributed by atoms with Crippen molar-refractivity contribution in [2.75, 3.05) is 11.8 Å². The average molecular weight is 381 g/mol. The van der Waals surface area contributed by atoms with Crippen LogP contribution in [0, 0.1) is 6.92 Å². The fraction of sp³-hybridized carbons (Fsp3) is 0.143. The topological polar surface area (TPSA) is 55.4 Å². The van der Waals surface area contributed by atoms with Gasteiger partial charge in [-0.3, -0.25) is 4.72 Å². The molecule has 0 radical (unpaired) electrons. The van der Waals surface area contributed by atoms with Crippen LogP contribution in [0.15, 0.2) is 35.2 Å². The highest BCUT2D eigenvalue weighted by Crippen LogP contribution is 2.33. The SMILES string of the molecule is COc1ccc(NS(=O)(=O)c2cc(Cl)c(Cl)cc2Cl)c(C)c1. The Kier molecular flexibility index (Phi) is 5.12. The summed E-state index contributed by atoms with van der Waals surface area (Å²) in [7, 11) is -2.36. The van der Waals surface area contributed by atoms with Crippen LogP contribution in [0.1, 0.15) is 5.56 Å². The van der Waals surface area contributed by atoms with Crippen LogP contribution in [0.25, 0.3) is 0 Å². The molecule has 0 aliphatic rings. The lowest BCUT2D eigenvalue weighted by Gasteiger charge is -2.13. The number of rotatable bonds is 4. The van der Waals surface area contributed by atoms with Gasteiger partial charge in [-0.15, -0.1) is 0 Å². The van der Waals surface area contributed by atoms with Crippen LogP contribution in [0.2, 0.25) is 15.1 Å². The maximum atomic E-state index is 12.5. The monoisotopic (exact) mass is 379 g/mol. The Balaban J connectivity index is 2.42. The van der Waals surface area contributed by atoms with Gasteiger partial charge in [-0.1, -0.05) is 34.8 Å². The van der Waals surface area contributed by atoms with Crippen molar-refractivity contribution in [1.29, 1.82) is 0 Å². The molecular formula is C14H12Cl3NO3S. The van der Waals surface area contributed by atoms with Crippen LogP contribution in [0.3, 0.4) is 0 Å². The number of anilines is 1. The van der Waals surface area contributed by atoms with Gasteiger partial charge in [0.15, 0.2) is 0 Å². The van der Waals surface area contributed by atoms with Crippen LogP contribution in [0.5, 0.6) is 5.75 Å². The zero-order chi connectivity index (χ0) is 16.5. The molecule has 0 saturated carbocycles. The number of sulfonamides is 1. The third-order valence-electron chi connectivity index (χ3n) is 2.94. The Bertz CT molecular complexity index is 822. The number of benzene rings is 2. The summed E-state index contributed by atoms with van der Waals surface area (Å²) in [6.07, 6.45) is 0. The van der Waals surface area contributed by atoms with E-state index in [9.17, 15) is 8.42 Å². The molecule has 2 aromatic carbocycles. The second-order valence-corrected chi connectivity index (χ2v) is 7.36. The van der Waals surface area contributed by atoms with Crippen molar-refractivity contribution in [3.05, 3.63) is 51.0 Å². The molecule has 0 saturated heterocycles. The molecule has 118 valence electrons. The predicted molar refractivity (Wildman–Crippen MR) is 90.0 cm³/mol. The van der Waals surface area contributed by atoms with Crippen molar-refractivity contribution in [3.8, 4) is 5.75 Å². The quantitative estimate of drug-likeness (QED) is 0.778. The fourth-order valence-electron chi connectivity index (χ4n) is 1.79. The van der Waals surface area contributed by atoms with E-state index < -0.39 is 10.0 Å². The molecule has 2 aromatic rings. The van der Waals surface area contributed by atoms with Gasteiger partial charge in [0, 0.05) is 0 Å². The molecule has 22 heavy (non-hydrogen) atoms. The van der Waals surface area contributed by atoms with Gasteiger partial charge in [-0.05, 0) is 42.8 Å². The van der Waals surface area contributed by atoms with Crippen molar-refractivity contribution < 1.29 is 13.2 Å². The van der Waals surface area contributed by atoms with E-state index in [-0.39, 0.29) is 20.0 Å². The number of ether oxygens (including phenoxy) is 1. The van der Waals surface area contributed by atoms with E-state index in [4.69, 9.17) is 39.5 Å². The molecule has 0 aromatic heterocycles. The zero-order valence-electron chi connectivity index (χ0n) is 11.7. The molecule has 0 spiro atoms. The second kappa shape index (κ2) is 6.54. The van der Waals surface area contributed by atoms with Crippen LogP contribution in [-0.4, -0.2) is 15.5 Å². The average Bonchev–Trinajstić information content (AvgIpc) is 2.44. The first-order valence-corrected chi connectivity index (χ1v) is 8.68. The fourth-order valence-corrected chi connectivity index (χ4v) is 3.92. The van der Waals surface area contributed by atoms with Gasteiger partial charge in [0.2, 0.25) is 0 Å². The van der Waals surface area contributed by atoms with Gasteiger partial charge in [-0.25, -0.2) is 8.42 Å². The van der Waals surface area contributed by atoms with Crippen molar-refractivity contribution >= 4 is 50.5 Å². The predicted octanol–water partition coefficient (Wildman–Crippen LogP) is 4.76. The molecule has 2 rings (SSSR count). The molecular weight excluding hydrogens is 369 g/mol. The number of halogens is 3. The molecule has 0 heterocycles. The molecule has 0 bridgehead atoms. The number of aryl methyl sites for hydroxylation is 1. The summed E-state index contributed by atoms with van der Waals surface area (Å²) in [5.41, 5.74) is 1.13. The first kappa shape index (κ1) is 17.2. The van der Waals surface area contributed by atoms with Crippen LogP contribution < -0.4 is 9.46 Å². The third-order valence-corrected chi connectivity index (χ3v) is 5.49. The van der Waals surface area contributed by atoms with Crippen molar-refractivity contribution in [2.24, 2.45) is 0 Å². The van der Waals surface area contributed by atoms with Gasteiger partial charge >= 0.3 is 0 Å². The third kappa shape index (κ3) is 3.60. The molecule has 0 amide bonds. The van der Waals surface area contributed by atoms with Gasteiger partial charge in [-0.2, -0.15) is 0 Å². The number of hydrogen-bond donors (Lipinski definition) is 1. The van der Waals surface area contributed by atoms with E-state index in [2.05, 4.69) is 4.72 Å². The minimum absolute atomic E-state index is 0.00642. The van der Waals surface area contributed by atoms with Crippen molar-refractivity contribution in [1.82, 2.24) is 0 Å². The van der Waals surface area contributed by atoms with E-state index in [1.165, 1.54) is 19.2 Å². The van der Waals surface area contributed by atoms with Crippen LogP contribution >= 0.6 is 34.8 Å². The molecule has 1 N–H and O–H groups in total. The first-order chi connectivity index (χ1) is 10.2. The summed E-state index contributed by atoms with van der Waals surface area (Å²) in [5, 5.41) is 0.289. The smallest absolute Gasteiger partial charge is 0.263 e. The number of hydrogen-bond acceptors (Lipinski definition) is 3. The van der Waals surface area contributed by atoms with E-state index in [1.807, 2.05) is 0 Å². The van der Waals surface area contributed by atoms with Crippen LogP contribution in [0.4, 0.5) is 5.69 Å². The van der Waals surface area contributed by atoms with Gasteiger partial charge < -0.3 is 4.74 Å². The number of nitrogens with one attached hydrogen (secondary N) is 1. The standard InChI is InChI=1S/C14H12Cl3NO3S/c1-8-5-9(21-2)3-4-13(8)18-22(19,20)14-7-11(16)10(15)6-12(14)17/h3-7,18H,1-2H3. The largest absolute Gasteiger partial charge is 0.497 e. The van der Waals surface area contributed by atoms with E-state index in [0.717, 1.165) is 0 Å². The Morgan fingerprint density at radius 3 is 2.23 bits per heavy atom. The first-order valence-electron chi connectivity index (χ1n) is 6.06. The lowest BCUT2D eigenvalue weighted by atomic mass is 10.2. The molecule has 0 atom stereocenters. The second-order valence-electron chi connectivity index (χ2n) is 4.48. The summed E-state index contributed by atoms with van der Waals surface area (Å²) in [6, 6.07) is 7.49. The highest BCUT2D eigenvalue weighted by Gasteiger charge is 2.21. The molecule has 0 fully saturated rings. The maximum absolute atomic E-state index is 12.5. The highest BCUT2D eigenvalue weighted by molar-refractivity contribution is 7.92. The normalized spacial score (nSPS) is 11.3. The van der Waals surface area contributed by atoms with Gasteiger partial charge in [0.1, 0.15) is 10.6 Å². The lowest BCUT2D eigenvalue weighted by molar-refractivity contribution is 0.414. The maximum Gasteiger partial charge on any atom is 0.263 e. The van der Waals surface area contributed by atoms with Gasteiger partial charge in [0.05, 0.1) is 27.9 Å². The molecule has 4 nitrogen and oxygen atoms in total. The Morgan fingerprint density at radius 2 is 1.64 bits per heavy atom. The molecule has 0 aliphatic carbocycles. The number of methoxy groups -OCH3 is 1. The summed E-state index contributed by atoms with van der Waals surface area (Å²) < 4.78 is 32.5. The zero-order valence-corrected chi connectivity index (χ0v) is 14.7. The molecule has 8 heteroatoms. The summed E-state index contributed by atoms with van der Waals surface area (Å²) >= 11 is 17.6. The Labute approximate surface area is 144 Å².